The number of nitrogens with two attached hydrogens (primary N) is 1. The third-order valence-electron chi connectivity index (χ3n) is 5.24. The average Bonchev–Trinajstić information content (AvgIpc) is 2.65. The van der Waals surface area contributed by atoms with Crippen LogP contribution in [-0.2, 0) is 4.74 Å². The van der Waals surface area contributed by atoms with Crippen LogP contribution >= 0.6 is 0 Å². The summed E-state index contributed by atoms with van der Waals surface area (Å²) in [7, 11) is 1.85. The quantitative estimate of drug-likeness (QED) is 0.787. The summed E-state index contributed by atoms with van der Waals surface area (Å²) < 4.78 is 5.74. The molecule has 0 spiro atoms. The molecule has 1 heterocycles. The highest BCUT2D eigenvalue weighted by Crippen LogP contribution is 2.36. The summed E-state index contributed by atoms with van der Waals surface area (Å²) in [6, 6.07) is 0. The van der Waals surface area contributed by atoms with Gasteiger partial charge < -0.3 is 10.5 Å². The van der Waals surface area contributed by atoms with Crippen molar-refractivity contribution in [3.05, 3.63) is 0 Å². The fraction of sp³-hybridized carbons (Fsp3) is 1.00. The first-order chi connectivity index (χ1) is 8.64. The summed E-state index contributed by atoms with van der Waals surface area (Å²) in [5.41, 5.74) is 6.48. The highest BCUT2D eigenvalue weighted by atomic mass is 16.5. The molecule has 3 heteroatoms. The number of hydrogen-bond donors (Lipinski definition) is 1. The van der Waals surface area contributed by atoms with Crippen molar-refractivity contribution >= 4 is 0 Å². The molecule has 0 radical (unpaired) electrons. The summed E-state index contributed by atoms with van der Waals surface area (Å²) in [5, 5.41) is 0. The minimum atomic E-state index is 0.0344. The number of nitrogens with zero attached hydrogens (tertiary/aromatic N) is 1. The van der Waals surface area contributed by atoms with Gasteiger partial charge in [0.2, 0.25) is 0 Å². The zero-order chi connectivity index (χ0) is 13.1. The molecule has 0 bridgehead atoms. The Kier molecular flexibility index (Phi) is 4.68. The first-order valence-electron chi connectivity index (χ1n) is 7.64. The van der Waals surface area contributed by atoms with Gasteiger partial charge in [-0.2, -0.15) is 0 Å². The van der Waals surface area contributed by atoms with E-state index >= 15 is 0 Å². The maximum Gasteiger partial charge on any atom is 0.0777 e. The number of methoxy groups -OCH3 is 1. The van der Waals surface area contributed by atoms with Crippen molar-refractivity contribution in [2.75, 3.05) is 26.7 Å². The summed E-state index contributed by atoms with van der Waals surface area (Å²) in [4.78, 5) is 2.66. The Morgan fingerprint density at radius 3 is 2.28 bits per heavy atom. The van der Waals surface area contributed by atoms with Gasteiger partial charge in [0.15, 0.2) is 0 Å². The molecule has 1 unspecified atom stereocenters. The van der Waals surface area contributed by atoms with E-state index in [0.29, 0.717) is 0 Å². The Morgan fingerprint density at radius 1 is 1.06 bits per heavy atom. The predicted octanol–water partition coefficient (Wildman–Crippen LogP) is 2.54. The molecule has 18 heavy (non-hydrogen) atoms. The van der Waals surface area contributed by atoms with E-state index in [1.54, 1.807) is 0 Å². The molecule has 1 aliphatic carbocycles. The molecule has 0 amide bonds. The van der Waals surface area contributed by atoms with Gasteiger partial charge in [-0.1, -0.05) is 25.7 Å². The zero-order valence-electron chi connectivity index (χ0n) is 12.2. The van der Waals surface area contributed by atoms with E-state index in [1.165, 1.54) is 57.9 Å². The lowest BCUT2D eigenvalue weighted by molar-refractivity contribution is -0.0830. The highest BCUT2D eigenvalue weighted by Gasteiger charge is 2.41. The van der Waals surface area contributed by atoms with Crippen LogP contribution in [0.4, 0.5) is 0 Å². The van der Waals surface area contributed by atoms with Crippen molar-refractivity contribution in [3.8, 4) is 0 Å². The lowest BCUT2D eigenvalue weighted by Gasteiger charge is -2.50. The minimum absolute atomic E-state index is 0.0344. The van der Waals surface area contributed by atoms with Crippen LogP contribution in [0, 0.1) is 0 Å². The van der Waals surface area contributed by atoms with E-state index in [1.807, 2.05) is 7.11 Å². The molecule has 2 aliphatic rings. The predicted molar refractivity (Wildman–Crippen MR) is 75.7 cm³/mol. The van der Waals surface area contributed by atoms with Crippen LogP contribution in [-0.4, -0.2) is 42.8 Å². The first kappa shape index (κ1) is 14.3. The molecule has 2 N–H and O–H groups in total. The number of hydrogen-bond acceptors (Lipinski definition) is 3. The number of ether oxygens (including phenoxy) is 1. The van der Waals surface area contributed by atoms with Gasteiger partial charge in [0, 0.05) is 25.7 Å². The van der Waals surface area contributed by atoms with E-state index in [0.717, 1.165) is 13.1 Å². The van der Waals surface area contributed by atoms with E-state index in [-0.39, 0.29) is 11.1 Å². The largest absolute Gasteiger partial charge is 0.377 e. The molecule has 0 aromatic carbocycles. The van der Waals surface area contributed by atoms with Crippen LogP contribution in [0.25, 0.3) is 0 Å². The fourth-order valence-corrected chi connectivity index (χ4v) is 3.81. The van der Waals surface area contributed by atoms with Gasteiger partial charge in [-0.3, -0.25) is 4.90 Å². The van der Waals surface area contributed by atoms with Crippen LogP contribution in [0.15, 0.2) is 0 Å². The van der Waals surface area contributed by atoms with Gasteiger partial charge in [0.25, 0.3) is 0 Å². The van der Waals surface area contributed by atoms with Crippen molar-refractivity contribution in [2.45, 2.75) is 69.4 Å². The summed E-state index contributed by atoms with van der Waals surface area (Å²) in [5.74, 6) is 0. The summed E-state index contributed by atoms with van der Waals surface area (Å²) >= 11 is 0. The Hall–Kier alpha value is -0.120. The molecule has 1 saturated carbocycles. The maximum absolute atomic E-state index is 6.19. The summed E-state index contributed by atoms with van der Waals surface area (Å²) in [6.45, 7) is 5.32. The number of rotatable bonds is 3. The standard InChI is InChI=1S/C15H30N2O/c1-14(18-2)8-7-11-17(13-14)15(12-16)9-5-3-4-6-10-15/h3-13,16H2,1-2H3. The van der Waals surface area contributed by atoms with Gasteiger partial charge in [-0.15, -0.1) is 0 Å². The van der Waals surface area contributed by atoms with Gasteiger partial charge in [0.1, 0.15) is 0 Å². The Morgan fingerprint density at radius 2 is 1.72 bits per heavy atom. The second-order valence-electron chi connectivity index (χ2n) is 6.52. The van der Waals surface area contributed by atoms with Crippen LogP contribution in [0.3, 0.4) is 0 Å². The van der Waals surface area contributed by atoms with Crippen molar-refractivity contribution in [3.63, 3.8) is 0 Å². The molecule has 3 nitrogen and oxygen atoms in total. The van der Waals surface area contributed by atoms with E-state index in [9.17, 15) is 0 Å². The second-order valence-corrected chi connectivity index (χ2v) is 6.52. The average molecular weight is 254 g/mol. The molecule has 0 aromatic heterocycles. The third-order valence-corrected chi connectivity index (χ3v) is 5.24. The van der Waals surface area contributed by atoms with E-state index in [2.05, 4.69) is 11.8 Å². The highest BCUT2D eigenvalue weighted by molar-refractivity contribution is 4.98. The van der Waals surface area contributed by atoms with Crippen molar-refractivity contribution in [1.82, 2.24) is 4.90 Å². The zero-order valence-corrected chi connectivity index (χ0v) is 12.2. The van der Waals surface area contributed by atoms with Crippen LogP contribution < -0.4 is 5.73 Å². The topological polar surface area (TPSA) is 38.5 Å². The van der Waals surface area contributed by atoms with Crippen molar-refractivity contribution < 1.29 is 4.74 Å². The maximum atomic E-state index is 6.19. The molecule has 2 fully saturated rings. The first-order valence-corrected chi connectivity index (χ1v) is 7.64. The molecule has 0 aromatic rings. The smallest absolute Gasteiger partial charge is 0.0777 e. The normalized spacial score (nSPS) is 34.2. The summed E-state index contributed by atoms with van der Waals surface area (Å²) in [6.07, 6.45) is 10.4. The Bertz CT molecular complexity index is 261. The van der Waals surface area contributed by atoms with E-state index in [4.69, 9.17) is 10.5 Å². The van der Waals surface area contributed by atoms with Crippen LogP contribution in [0.2, 0.25) is 0 Å². The van der Waals surface area contributed by atoms with Crippen LogP contribution in [0.5, 0.6) is 0 Å². The van der Waals surface area contributed by atoms with Gasteiger partial charge in [0.05, 0.1) is 5.60 Å². The van der Waals surface area contributed by atoms with Crippen molar-refractivity contribution in [2.24, 2.45) is 5.73 Å². The monoisotopic (exact) mass is 254 g/mol. The van der Waals surface area contributed by atoms with Gasteiger partial charge >= 0.3 is 0 Å². The Balaban J connectivity index is 2.10. The second kappa shape index (κ2) is 5.89. The van der Waals surface area contributed by atoms with Crippen LogP contribution in [0.1, 0.15) is 58.3 Å². The molecule has 1 saturated heterocycles. The minimum Gasteiger partial charge on any atom is -0.377 e. The molecule has 2 rings (SSSR count). The molecular formula is C15H30N2O. The fourth-order valence-electron chi connectivity index (χ4n) is 3.81. The number of likely N-dealkylation sites (tertiary alicyclic amines) is 1. The molecule has 1 aliphatic heterocycles. The SMILES string of the molecule is COC1(C)CCCN(C2(CN)CCCCCC2)C1. The van der Waals surface area contributed by atoms with E-state index < -0.39 is 0 Å². The Labute approximate surface area is 112 Å². The molecular weight excluding hydrogens is 224 g/mol. The third kappa shape index (κ3) is 2.89. The number of piperidine rings is 1. The lowest BCUT2D eigenvalue weighted by atomic mass is 9.83. The van der Waals surface area contributed by atoms with Gasteiger partial charge in [-0.05, 0) is 39.2 Å². The lowest BCUT2D eigenvalue weighted by Crippen LogP contribution is -2.60. The molecule has 1 atom stereocenters. The molecule has 106 valence electrons. The van der Waals surface area contributed by atoms with Gasteiger partial charge in [-0.25, -0.2) is 0 Å². The van der Waals surface area contributed by atoms with Crippen molar-refractivity contribution in [1.29, 1.82) is 0 Å².